The summed E-state index contributed by atoms with van der Waals surface area (Å²) < 4.78 is 22.5. The molecule has 0 N–H and O–H groups in total. The Morgan fingerprint density at radius 3 is 2.75 bits per heavy atom. The third kappa shape index (κ3) is 3.90. The molecule has 0 spiro atoms. The van der Waals surface area contributed by atoms with E-state index in [2.05, 4.69) is 15.1 Å². The number of morpholine rings is 1. The molecule has 0 saturated carbocycles. The second-order valence-corrected chi connectivity index (χ2v) is 8.52. The van der Waals surface area contributed by atoms with Gasteiger partial charge in [-0.05, 0) is 31.2 Å². The van der Waals surface area contributed by atoms with Gasteiger partial charge in [-0.2, -0.15) is 10.1 Å². The van der Waals surface area contributed by atoms with E-state index in [0.29, 0.717) is 63.7 Å². The monoisotopic (exact) mass is 472 g/mol. The molecule has 1 saturated heterocycles. The lowest BCUT2D eigenvalue weighted by Gasteiger charge is -2.32. The number of nitrogens with zero attached hydrogens (tertiary/aromatic N) is 6. The Bertz CT molecular complexity index is 1330. The van der Waals surface area contributed by atoms with Crippen molar-refractivity contribution in [2.45, 2.75) is 13.0 Å². The summed E-state index contributed by atoms with van der Waals surface area (Å²) >= 11 is 12.3. The topological polar surface area (TPSA) is 69.0 Å². The van der Waals surface area contributed by atoms with Crippen LogP contribution < -0.4 is 4.90 Å². The second kappa shape index (κ2) is 8.27. The molecule has 7 nitrogen and oxygen atoms in total. The molecule has 0 radical (unpaired) electrons. The number of aryl methyl sites for hydroxylation is 2. The fourth-order valence-electron chi connectivity index (χ4n) is 3.77. The van der Waals surface area contributed by atoms with Gasteiger partial charge in [0.25, 0.3) is 0 Å². The van der Waals surface area contributed by atoms with Gasteiger partial charge in [0.1, 0.15) is 11.9 Å². The van der Waals surface area contributed by atoms with Gasteiger partial charge in [0.05, 0.1) is 35.8 Å². The first kappa shape index (κ1) is 21.1. The van der Waals surface area contributed by atoms with E-state index in [4.69, 9.17) is 32.9 Å². The highest BCUT2D eigenvalue weighted by molar-refractivity contribution is 6.32. The van der Waals surface area contributed by atoms with Crippen molar-refractivity contribution in [3.05, 3.63) is 63.8 Å². The van der Waals surface area contributed by atoms with E-state index in [9.17, 15) is 4.39 Å². The van der Waals surface area contributed by atoms with Crippen molar-refractivity contribution in [1.29, 1.82) is 0 Å². The van der Waals surface area contributed by atoms with Gasteiger partial charge < -0.3 is 9.64 Å². The predicted molar refractivity (Wildman–Crippen MR) is 122 cm³/mol. The summed E-state index contributed by atoms with van der Waals surface area (Å²) in [7, 11) is 1.86. The van der Waals surface area contributed by atoms with Gasteiger partial charge in [-0.1, -0.05) is 23.2 Å². The first-order chi connectivity index (χ1) is 15.4. The van der Waals surface area contributed by atoms with E-state index < -0.39 is 5.82 Å². The molecule has 32 heavy (non-hydrogen) atoms. The number of anilines is 1. The number of pyridine rings is 1. The maximum absolute atomic E-state index is 14.9. The van der Waals surface area contributed by atoms with Crippen molar-refractivity contribution in [2.75, 3.05) is 24.6 Å². The minimum absolute atomic E-state index is 0.174. The van der Waals surface area contributed by atoms with Crippen LogP contribution in [0.1, 0.15) is 17.4 Å². The number of halogens is 3. The Hall–Kier alpha value is -2.81. The van der Waals surface area contributed by atoms with E-state index in [1.165, 1.54) is 6.07 Å². The number of rotatable bonds is 3. The van der Waals surface area contributed by atoms with E-state index in [1.807, 2.05) is 18.1 Å². The van der Waals surface area contributed by atoms with Crippen molar-refractivity contribution in [3.8, 4) is 11.3 Å². The van der Waals surface area contributed by atoms with Crippen LogP contribution in [-0.2, 0) is 11.8 Å². The highest BCUT2D eigenvalue weighted by atomic mass is 35.5. The van der Waals surface area contributed by atoms with E-state index in [0.717, 1.165) is 5.56 Å². The van der Waals surface area contributed by atoms with Crippen LogP contribution in [0.3, 0.4) is 0 Å². The number of hydrogen-bond acceptors (Lipinski definition) is 6. The summed E-state index contributed by atoms with van der Waals surface area (Å²) in [6, 6.07) is 6.23. The first-order valence-corrected chi connectivity index (χ1v) is 10.8. The zero-order valence-electron chi connectivity index (χ0n) is 17.4. The van der Waals surface area contributed by atoms with Crippen LogP contribution in [0.15, 0.2) is 36.7 Å². The van der Waals surface area contributed by atoms with Crippen LogP contribution in [0.2, 0.25) is 10.0 Å². The lowest BCUT2D eigenvalue weighted by Crippen LogP contribution is -2.39. The van der Waals surface area contributed by atoms with Gasteiger partial charge in [-0.25, -0.2) is 14.4 Å². The number of benzene rings is 1. The van der Waals surface area contributed by atoms with E-state index in [1.54, 1.807) is 36.0 Å². The molecule has 1 aromatic carbocycles. The lowest BCUT2D eigenvalue weighted by molar-refractivity contribution is 0.0392. The molecule has 164 valence electrons. The van der Waals surface area contributed by atoms with Gasteiger partial charge in [0.2, 0.25) is 5.95 Å². The summed E-state index contributed by atoms with van der Waals surface area (Å²) in [4.78, 5) is 16.0. The molecule has 4 heterocycles. The van der Waals surface area contributed by atoms with Crippen LogP contribution >= 0.6 is 23.2 Å². The van der Waals surface area contributed by atoms with Crippen molar-refractivity contribution >= 4 is 40.2 Å². The summed E-state index contributed by atoms with van der Waals surface area (Å²) in [5, 5.41) is 5.58. The molecule has 1 unspecified atom stereocenters. The molecule has 1 aliphatic heterocycles. The Morgan fingerprint density at radius 2 is 2.00 bits per heavy atom. The fourth-order valence-corrected chi connectivity index (χ4v) is 4.09. The standard InChI is InChI=1S/C22H19Cl2FN6O/c1-12-17(24)8-16-20(15-4-3-14(23)7-18(15)25)28-22(29-21(16)27-12)31-5-6-32-19(11-31)13-9-26-30(2)10-13/h3-4,7-10,19H,5-6,11H2,1-2H3. The Morgan fingerprint density at radius 1 is 1.16 bits per heavy atom. The largest absolute Gasteiger partial charge is 0.370 e. The molecule has 0 bridgehead atoms. The highest BCUT2D eigenvalue weighted by Gasteiger charge is 2.26. The molecule has 5 rings (SSSR count). The molecular weight excluding hydrogens is 454 g/mol. The van der Waals surface area contributed by atoms with Gasteiger partial charge in [0, 0.05) is 41.3 Å². The average Bonchev–Trinajstić information content (AvgIpc) is 3.21. The summed E-state index contributed by atoms with van der Waals surface area (Å²) in [5.74, 6) is -0.0244. The molecule has 1 atom stereocenters. The van der Waals surface area contributed by atoms with Crippen LogP contribution in [0.4, 0.5) is 10.3 Å². The minimum atomic E-state index is -0.477. The molecule has 3 aromatic heterocycles. The zero-order chi connectivity index (χ0) is 22.4. The van der Waals surface area contributed by atoms with Crippen LogP contribution in [0.5, 0.6) is 0 Å². The van der Waals surface area contributed by atoms with Crippen LogP contribution in [-0.4, -0.2) is 44.4 Å². The fraction of sp³-hybridized carbons (Fsp3) is 0.273. The van der Waals surface area contributed by atoms with Gasteiger partial charge in [0.15, 0.2) is 5.65 Å². The van der Waals surface area contributed by atoms with Crippen LogP contribution in [0.25, 0.3) is 22.3 Å². The smallest absolute Gasteiger partial charge is 0.228 e. The van der Waals surface area contributed by atoms with E-state index >= 15 is 0 Å². The molecule has 4 aromatic rings. The van der Waals surface area contributed by atoms with Crippen LogP contribution in [0, 0.1) is 12.7 Å². The quantitative estimate of drug-likeness (QED) is 0.428. The third-order valence-corrected chi connectivity index (χ3v) is 6.05. The highest BCUT2D eigenvalue weighted by Crippen LogP contribution is 2.34. The SMILES string of the molecule is Cc1nc2nc(N3CCOC(c4cnn(C)c4)C3)nc(-c3ccc(Cl)cc3F)c2cc1Cl. The van der Waals surface area contributed by atoms with Crippen molar-refractivity contribution in [3.63, 3.8) is 0 Å². The van der Waals surface area contributed by atoms with Crippen molar-refractivity contribution < 1.29 is 9.13 Å². The predicted octanol–water partition coefficient (Wildman–Crippen LogP) is 4.76. The van der Waals surface area contributed by atoms with Crippen molar-refractivity contribution in [1.82, 2.24) is 24.7 Å². The normalized spacial score (nSPS) is 16.7. The number of ether oxygens (including phenoxy) is 1. The summed E-state index contributed by atoms with van der Waals surface area (Å²) in [5.41, 5.74) is 2.79. The lowest BCUT2D eigenvalue weighted by atomic mass is 10.1. The minimum Gasteiger partial charge on any atom is -0.370 e. The summed E-state index contributed by atoms with van der Waals surface area (Å²) in [6.45, 7) is 3.43. The Labute approximate surface area is 193 Å². The molecule has 0 aliphatic carbocycles. The first-order valence-electron chi connectivity index (χ1n) is 10.0. The molecule has 1 fully saturated rings. The third-order valence-electron chi connectivity index (χ3n) is 5.44. The van der Waals surface area contributed by atoms with E-state index in [-0.39, 0.29) is 6.10 Å². The van der Waals surface area contributed by atoms with Gasteiger partial charge in [-0.3, -0.25) is 4.68 Å². The summed E-state index contributed by atoms with van der Waals surface area (Å²) in [6.07, 6.45) is 3.54. The number of aromatic nitrogens is 5. The van der Waals surface area contributed by atoms with Gasteiger partial charge >= 0.3 is 0 Å². The number of fused-ring (bicyclic) bond motifs is 1. The zero-order valence-corrected chi connectivity index (χ0v) is 18.9. The van der Waals surface area contributed by atoms with Crippen molar-refractivity contribution in [2.24, 2.45) is 7.05 Å². The molecule has 0 amide bonds. The Balaban J connectivity index is 1.62. The average molecular weight is 473 g/mol. The number of hydrogen-bond donors (Lipinski definition) is 0. The van der Waals surface area contributed by atoms with Gasteiger partial charge in [-0.15, -0.1) is 0 Å². The maximum atomic E-state index is 14.9. The molecular formula is C22H19Cl2FN6O. The molecule has 10 heteroatoms. The maximum Gasteiger partial charge on any atom is 0.228 e. The molecule has 1 aliphatic rings. The Kier molecular flexibility index (Phi) is 5.44. The second-order valence-electron chi connectivity index (χ2n) is 7.68.